The molecule has 2 nitrogen and oxygen atoms in total. The van der Waals surface area contributed by atoms with Crippen LogP contribution in [-0.4, -0.2) is 5.91 Å². The van der Waals surface area contributed by atoms with E-state index in [1.54, 1.807) is 11.3 Å². The van der Waals surface area contributed by atoms with Gasteiger partial charge in [-0.25, -0.2) is 0 Å². The van der Waals surface area contributed by atoms with Gasteiger partial charge in [-0.2, -0.15) is 0 Å². The molecule has 0 fully saturated rings. The molecule has 1 aromatic heterocycles. The van der Waals surface area contributed by atoms with E-state index >= 15 is 0 Å². The Kier molecular flexibility index (Phi) is 3.62. The Morgan fingerprint density at radius 2 is 2.05 bits per heavy atom. The molecule has 3 rings (SSSR count). The Balaban J connectivity index is 1.78. The minimum absolute atomic E-state index is 0.00995. The van der Waals surface area contributed by atoms with E-state index in [1.165, 1.54) is 34.4 Å². The largest absolute Gasteiger partial charge is 0.321 e. The van der Waals surface area contributed by atoms with E-state index in [4.69, 9.17) is 0 Å². The van der Waals surface area contributed by atoms with Crippen molar-refractivity contribution in [3.63, 3.8) is 0 Å². The van der Waals surface area contributed by atoms with Gasteiger partial charge in [0.15, 0.2) is 0 Å². The van der Waals surface area contributed by atoms with Crippen LogP contribution in [0.25, 0.3) is 0 Å². The van der Waals surface area contributed by atoms with E-state index in [0.717, 1.165) is 23.4 Å². The molecule has 2 aromatic rings. The third-order valence-corrected chi connectivity index (χ3v) is 5.30. The number of fused-ring (bicyclic) bond motifs is 1. The summed E-state index contributed by atoms with van der Waals surface area (Å²) in [7, 11) is 0. The van der Waals surface area contributed by atoms with Gasteiger partial charge in [0.2, 0.25) is 0 Å². The molecule has 1 amide bonds. The monoisotopic (exact) mass is 285 g/mol. The van der Waals surface area contributed by atoms with Crippen molar-refractivity contribution < 1.29 is 4.79 Å². The molecule has 0 aliphatic heterocycles. The SMILES string of the molecule is CCc1sc(C(=O)Nc2ccc3c(c2)CCC3)cc1C. The molecule has 104 valence electrons. The first-order chi connectivity index (χ1) is 9.67. The number of nitrogens with one attached hydrogen (secondary N) is 1. The Hall–Kier alpha value is -1.61. The molecular formula is C17H19NOS. The van der Waals surface area contributed by atoms with Crippen molar-refractivity contribution in [3.05, 3.63) is 50.7 Å². The lowest BCUT2D eigenvalue weighted by molar-refractivity contribution is 0.103. The van der Waals surface area contributed by atoms with Gasteiger partial charge in [0.05, 0.1) is 4.88 Å². The van der Waals surface area contributed by atoms with Crippen molar-refractivity contribution in [1.29, 1.82) is 0 Å². The summed E-state index contributed by atoms with van der Waals surface area (Å²) >= 11 is 1.60. The Bertz CT molecular complexity index is 657. The van der Waals surface area contributed by atoms with Crippen LogP contribution in [0, 0.1) is 6.92 Å². The van der Waals surface area contributed by atoms with Crippen molar-refractivity contribution in [2.24, 2.45) is 0 Å². The number of hydrogen-bond donors (Lipinski definition) is 1. The van der Waals surface area contributed by atoms with Crippen LogP contribution in [0.15, 0.2) is 24.3 Å². The zero-order chi connectivity index (χ0) is 14.1. The lowest BCUT2D eigenvalue weighted by Crippen LogP contribution is -2.10. The van der Waals surface area contributed by atoms with Gasteiger partial charge >= 0.3 is 0 Å². The van der Waals surface area contributed by atoms with Crippen LogP contribution in [0.2, 0.25) is 0 Å². The van der Waals surface area contributed by atoms with E-state index in [2.05, 4.69) is 31.3 Å². The predicted molar refractivity (Wildman–Crippen MR) is 84.9 cm³/mol. The lowest BCUT2D eigenvalue weighted by atomic mass is 10.1. The molecular weight excluding hydrogens is 266 g/mol. The predicted octanol–water partition coefficient (Wildman–Crippen LogP) is 4.36. The standard InChI is InChI=1S/C17H19NOS/c1-3-15-11(2)9-16(20-15)17(19)18-14-8-7-12-5-4-6-13(12)10-14/h7-10H,3-6H2,1-2H3,(H,18,19). The van der Waals surface area contributed by atoms with E-state index in [9.17, 15) is 4.79 Å². The van der Waals surface area contributed by atoms with Gasteiger partial charge in [0, 0.05) is 10.6 Å². The molecule has 0 radical (unpaired) electrons. The summed E-state index contributed by atoms with van der Waals surface area (Å²) in [5.41, 5.74) is 4.96. The zero-order valence-electron chi connectivity index (χ0n) is 12.0. The van der Waals surface area contributed by atoms with Gasteiger partial charge in [-0.3, -0.25) is 4.79 Å². The van der Waals surface area contributed by atoms with Crippen LogP contribution >= 0.6 is 11.3 Å². The molecule has 1 aromatic carbocycles. The second kappa shape index (κ2) is 5.41. The number of aryl methyl sites for hydroxylation is 4. The molecule has 1 N–H and O–H groups in total. The minimum Gasteiger partial charge on any atom is -0.321 e. The maximum absolute atomic E-state index is 12.3. The third-order valence-electron chi connectivity index (χ3n) is 3.92. The molecule has 0 saturated heterocycles. The van der Waals surface area contributed by atoms with Gasteiger partial charge in [0.1, 0.15) is 0 Å². The molecule has 0 bridgehead atoms. The van der Waals surface area contributed by atoms with Crippen molar-refractivity contribution in [3.8, 4) is 0 Å². The molecule has 0 spiro atoms. The van der Waals surface area contributed by atoms with Crippen molar-refractivity contribution >= 4 is 22.9 Å². The zero-order valence-corrected chi connectivity index (χ0v) is 12.8. The lowest BCUT2D eigenvalue weighted by Gasteiger charge is -2.06. The van der Waals surface area contributed by atoms with Crippen LogP contribution in [-0.2, 0) is 19.3 Å². The highest BCUT2D eigenvalue weighted by atomic mass is 32.1. The van der Waals surface area contributed by atoms with E-state index in [0.29, 0.717) is 0 Å². The summed E-state index contributed by atoms with van der Waals surface area (Å²) in [5, 5.41) is 3.02. The highest BCUT2D eigenvalue weighted by Gasteiger charge is 2.14. The summed E-state index contributed by atoms with van der Waals surface area (Å²) in [4.78, 5) is 14.4. The summed E-state index contributed by atoms with van der Waals surface area (Å²) in [5.74, 6) is 0.00995. The molecule has 0 saturated carbocycles. The molecule has 20 heavy (non-hydrogen) atoms. The molecule has 0 atom stereocenters. The fourth-order valence-corrected chi connectivity index (χ4v) is 3.83. The number of benzene rings is 1. The Morgan fingerprint density at radius 3 is 2.80 bits per heavy atom. The second-order valence-corrected chi connectivity index (χ2v) is 6.50. The number of carbonyl (C=O) groups excluding carboxylic acids is 1. The Morgan fingerprint density at radius 1 is 1.25 bits per heavy atom. The quantitative estimate of drug-likeness (QED) is 0.892. The number of anilines is 1. The fraction of sp³-hybridized carbons (Fsp3) is 0.353. The van der Waals surface area contributed by atoms with Crippen molar-refractivity contribution in [2.45, 2.75) is 39.5 Å². The number of carbonyl (C=O) groups is 1. The fourth-order valence-electron chi connectivity index (χ4n) is 2.83. The first-order valence-electron chi connectivity index (χ1n) is 7.20. The maximum Gasteiger partial charge on any atom is 0.265 e. The van der Waals surface area contributed by atoms with E-state index in [-0.39, 0.29) is 5.91 Å². The normalized spacial score (nSPS) is 13.3. The van der Waals surface area contributed by atoms with Crippen LogP contribution in [0.3, 0.4) is 0 Å². The summed E-state index contributed by atoms with van der Waals surface area (Å²) in [6.45, 7) is 4.20. The van der Waals surface area contributed by atoms with Crippen LogP contribution < -0.4 is 5.32 Å². The first kappa shape index (κ1) is 13.4. The van der Waals surface area contributed by atoms with Gasteiger partial charge in [0.25, 0.3) is 5.91 Å². The topological polar surface area (TPSA) is 29.1 Å². The number of thiophene rings is 1. The first-order valence-corrected chi connectivity index (χ1v) is 8.01. The highest BCUT2D eigenvalue weighted by molar-refractivity contribution is 7.14. The van der Waals surface area contributed by atoms with E-state index < -0.39 is 0 Å². The second-order valence-electron chi connectivity index (χ2n) is 5.36. The number of hydrogen-bond acceptors (Lipinski definition) is 2. The van der Waals surface area contributed by atoms with Crippen LogP contribution in [0.4, 0.5) is 5.69 Å². The summed E-state index contributed by atoms with van der Waals surface area (Å²) < 4.78 is 0. The average Bonchev–Trinajstić information content (AvgIpc) is 3.04. The Labute approximate surface area is 123 Å². The number of rotatable bonds is 3. The molecule has 1 aliphatic carbocycles. The summed E-state index contributed by atoms with van der Waals surface area (Å²) in [6, 6.07) is 8.28. The minimum atomic E-state index is 0.00995. The van der Waals surface area contributed by atoms with Crippen molar-refractivity contribution in [1.82, 2.24) is 0 Å². The molecule has 1 aliphatic rings. The molecule has 0 unspecified atom stereocenters. The van der Waals surface area contributed by atoms with Crippen molar-refractivity contribution in [2.75, 3.05) is 5.32 Å². The summed E-state index contributed by atoms with van der Waals surface area (Å²) in [6.07, 6.45) is 4.53. The maximum atomic E-state index is 12.3. The van der Waals surface area contributed by atoms with Gasteiger partial charge in [-0.1, -0.05) is 13.0 Å². The van der Waals surface area contributed by atoms with Gasteiger partial charge in [-0.15, -0.1) is 11.3 Å². The van der Waals surface area contributed by atoms with Gasteiger partial charge < -0.3 is 5.32 Å². The van der Waals surface area contributed by atoms with Crippen LogP contribution in [0.5, 0.6) is 0 Å². The molecule has 1 heterocycles. The molecule has 3 heteroatoms. The third kappa shape index (κ3) is 2.50. The highest BCUT2D eigenvalue weighted by Crippen LogP contribution is 2.26. The van der Waals surface area contributed by atoms with E-state index in [1.807, 2.05) is 12.1 Å². The number of amides is 1. The van der Waals surface area contributed by atoms with Crippen LogP contribution in [0.1, 0.15) is 44.6 Å². The van der Waals surface area contributed by atoms with Gasteiger partial charge in [-0.05, 0) is 67.5 Å². The smallest absolute Gasteiger partial charge is 0.265 e. The average molecular weight is 285 g/mol.